The smallest absolute Gasteiger partial charge is 0.201 e. The number of benzene rings is 2. The Morgan fingerprint density at radius 2 is 1.67 bits per heavy atom. The van der Waals surface area contributed by atoms with Gasteiger partial charge < -0.3 is 9.47 Å². The summed E-state index contributed by atoms with van der Waals surface area (Å²) in [5.74, 6) is -1.18. The zero-order chi connectivity index (χ0) is 23.4. The summed E-state index contributed by atoms with van der Waals surface area (Å²) in [4.78, 5) is 0. The van der Waals surface area contributed by atoms with E-state index in [0.717, 1.165) is 44.3 Å². The summed E-state index contributed by atoms with van der Waals surface area (Å²) in [5.41, 5.74) is 2.08. The summed E-state index contributed by atoms with van der Waals surface area (Å²) in [6, 6.07) is 5.29. The Labute approximate surface area is 194 Å². The van der Waals surface area contributed by atoms with Crippen LogP contribution < -0.4 is 4.74 Å². The number of rotatable bonds is 9. The first-order valence-corrected chi connectivity index (χ1v) is 12.3. The number of aryl methyl sites for hydroxylation is 2. The van der Waals surface area contributed by atoms with Crippen LogP contribution in [-0.2, 0) is 24.0 Å². The molecular weight excluding hydrogens is 425 g/mol. The van der Waals surface area contributed by atoms with Gasteiger partial charge in [0.05, 0.1) is 12.4 Å². The molecular formula is C28H33F3O2. The van der Waals surface area contributed by atoms with Crippen molar-refractivity contribution in [3.05, 3.63) is 69.7 Å². The third-order valence-corrected chi connectivity index (χ3v) is 6.73. The van der Waals surface area contributed by atoms with Crippen molar-refractivity contribution in [2.24, 2.45) is 5.92 Å². The molecule has 0 aliphatic carbocycles. The maximum absolute atomic E-state index is 15.0. The van der Waals surface area contributed by atoms with E-state index in [-0.39, 0.29) is 11.5 Å². The van der Waals surface area contributed by atoms with Gasteiger partial charge in [-0.05, 0) is 61.3 Å². The number of allylic oxidation sites excluding steroid dienone is 2. The fourth-order valence-electron chi connectivity index (χ4n) is 4.79. The van der Waals surface area contributed by atoms with Crippen LogP contribution in [0.5, 0.6) is 11.5 Å². The van der Waals surface area contributed by atoms with Crippen molar-refractivity contribution < 1.29 is 22.6 Å². The molecule has 0 radical (unpaired) electrons. The molecule has 0 saturated heterocycles. The molecule has 5 heteroatoms. The number of halogens is 3. The average Bonchev–Trinajstić information content (AvgIpc) is 2.82. The number of fused-ring (bicyclic) bond motifs is 2. The van der Waals surface area contributed by atoms with E-state index in [1.54, 1.807) is 12.1 Å². The Morgan fingerprint density at radius 3 is 2.39 bits per heavy atom. The lowest BCUT2D eigenvalue weighted by Gasteiger charge is -2.24. The van der Waals surface area contributed by atoms with E-state index >= 15 is 4.39 Å². The second-order valence-electron chi connectivity index (χ2n) is 9.29. The average molecular weight is 459 g/mol. The molecule has 2 aliphatic rings. The van der Waals surface area contributed by atoms with Crippen molar-refractivity contribution >= 4 is 0 Å². The highest BCUT2D eigenvalue weighted by Crippen LogP contribution is 2.42. The highest BCUT2D eigenvalue weighted by atomic mass is 19.2. The number of unbranched alkanes of at least 4 members (excludes halogenated alkanes) is 2. The summed E-state index contributed by atoms with van der Waals surface area (Å²) in [7, 11) is 0. The summed E-state index contributed by atoms with van der Waals surface area (Å²) in [6.45, 7) is 4.95. The zero-order valence-electron chi connectivity index (χ0n) is 19.6. The van der Waals surface area contributed by atoms with Crippen LogP contribution in [0.15, 0.2) is 30.0 Å². The molecule has 0 amide bonds. The van der Waals surface area contributed by atoms with Crippen LogP contribution in [0.25, 0.3) is 0 Å². The van der Waals surface area contributed by atoms with Gasteiger partial charge in [0.15, 0.2) is 23.1 Å². The first kappa shape index (κ1) is 23.7. The highest BCUT2D eigenvalue weighted by molar-refractivity contribution is 5.53. The predicted molar refractivity (Wildman–Crippen MR) is 124 cm³/mol. The lowest BCUT2D eigenvalue weighted by atomic mass is 9.94. The van der Waals surface area contributed by atoms with E-state index in [4.69, 9.17) is 9.47 Å². The van der Waals surface area contributed by atoms with E-state index in [0.29, 0.717) is 60.5 Å². The molecule has 0 aromatic heterocycles. The van der Waals surface area contributed by atoms with Crippen LogP contribution in [0.3, 0.4) is 0 Å². The van der Waals surface area contributed by atoms with Gasteiger partial charge in [-0.15, -0.1) is 0 Å². The minimum atomic E-state index is -1.04. The van der Waals surface area contributed by atoms with E-state index in [9.17, 15) is 8.78 Å². The molecule has 2 nitrogen and oxygen atoms in total. The van der Waals surface area contributed by atoms with Gasteiger partial charge in [0.25, 0.3) is 0 Å². The normalized spacial score (nSPS) is 17.0. The van der Waals surface area contributed by atoms with Gasteiger partial charge in [-0.3, -0.25) is 0 Å². The maximum Gasteiger partial charge on any atom is 0.201 e. The molecule has 178 valence electrons. The predicted octanol–water partition coefficient (Wildman–Crippen LogP) is 8.19. The Bertz CT molecular complexity index is 1030. The van der Waals surface area contributed by atoms with Gasteiger partial charge in [0, 0.05) is 24.0 Å². The standard InChI is InChI=1S/C28H33F3O2/c1-3-5-6-8-19-10-11-21-16-22-15-20(12-14-23-13-9-18(7-4-2)17-32-23)24(29)26(31)28(22)33-27(21)25(19)30/h10-11,13,15,18H,3-9,12,14,16-17H2,1-2H3. The monoisotopic (exact) mass is 458 g/mol. The minimum absolute atomic E-state index is 0.0324. The molecule has 0 spiro atoms. The van der Waals surface area contributed by atoms with Crippen molar-refractivity contribution in [1.82, 2.24) is 0 Å². The van der Waals surface area contributed by atoms with Crippen LogP contribution >= 0.6 is 0 Å². The molecule has 0 bridgehead atoms. The van der Waals surface area contributed by atoms with E-state index < -0.39 is 17.5 Å². The molecule has 1 atom stereocenters. The first-order chi connectivity index (χ1) is 16.0. The number of hydrogen-bond donors (Lipinski definition) is 0. The van der Waals surface area contributed by atoms with Crippen LogP contribution in [0, 0.1) is 23.4 Å². The summed E-state index contributed by atoms with van der Waals surface area (Å²) in [5, 5.41) is 0. The number of hydrogen-bond acceptors (Lipinski definition) is 2. The summed E-state index contributed by atoms with van der Waals surface area (Å²) in [6.07, 6.45) is 10.1. The Kier molecular flexibility index (Phi) is 7.67. The van der Waals surface area contributed by atoms with Gasteiger partial charge in [-0.1, -0.05) is 45.2 Å². The fourth-order valence-corrected chi connectivity index (χ4v) is 4.79. The lowest BCUT2D eigenvalue weighted by Crippen LogP contribution is -2.14. The summed E-state index contributed by atoms with van der Waals surface area (Å²) < 4.78 is 56.3. The molecule has 2 aromatic carbocycles. The van der Waals surface area contributed by atoms with Crippen molar-refractivity contribution in [3.8, 4) is 11.5 Å². The highest BCUT2D eigenvalue weighted by Gasteiger charge is 2.28. The van der Waals surface area contributed by atoms with E-state index in [2.05, 4.69) is 19.9 Å². The quantitative estimate of drug-likeness (QED) is 0.301. The summed E-state index contributed by atoms with van der Waals surface area (Å²) >= 11 is 0. The van der Waals surface area contributed by atoms with E-state index in [1.165, 1.54) is 0 Å². The van der Waals surface area contributed by atoms with Crippen molar-refractivity contribution in [1.29, 1.82) is 0 Å². The molecule has 2 aromatic rings. The second-order valence-corrected chi connectivity index (χ2v) is 9.29. The largest absolute Gasteiger partial charge is 0.498 e. The Hall–Kier alpha value is -2.43. The molecule has 0 saturated carbocycles. The minimum Gasteiger partial charge on any atom is -0.498 e. The topological polar surface area (TPSA) is 18.5 Å². The lowest BCUT2D eigenvalue weighted by molar-refractivity contribution is 0.134. The van der Waals surface area contributed by atoms with E-state index in [1.807, 2.05) is 6.07 Å². The number of ether oxygens (including phenoxy) is 2. The van der Waals surface area contributed by atoms with Crippen LogP contribution in [-0.4, -0.2) is 6.61 Å². The van der Waals surface area contributed by atoms with Crippen molar-refractivity contribution in [2.75, 3.05) is 6.61 Å². The molecule has 0 fully saturated rings. The van der Waals surface area contributed by atoms with Gasteiger partial charge in [-0.2, -0.15) is 4.39 Å². The van der Waals surface area contributed by atoms with Crippen molar-refractivity contribution in [2.45, 2.75) is 78.1 Å². The van der Waals surface area contributed by atoms with Crippen molar-refractivity contribution in [3.63, 3.8) is 0 Å². The van der Waals surface area contributed by atoms with Crippen LogP contribution in [0.1, 0.15) is 81.0 Å². The zero-order valence-corrected chi connectivity index (χ0v) is 19.6. The first-order valence-electron chi connectivity index (χ1n) is 12.3. The molecule has 1 unspecified atom stereocenters. The van der Waals surface area contributed by atoms with Gasteiger partial charge in [-0.25, -0.2) is 8.78 Å². The third-order valence-electron chi connectivity index (χ3n) is 6.73. The fraction of sp³-hybridized carbons (Fsp3) is 0.500. The molecule has 33 heavy (non-hydrogen) atoms. The second kappa shape index (κ2) is 10.7. The van der Waals surface area contributed by atoms with Crippen LogP contribution in [0.4, 0.5) is 13.2 Å². The van der Waals surface area contributed by atoms with Crippen LogP contribution in [0.2, 0.25) is 0 Å². The maximum atomic E-state index is 15.0. The van der Waals surface area contributed by atoms with Gasteiger partial charge in [0.2, 0.25) is 5.82 Å². The van der Waals surface area contributed by atoms with Gasteiger partial charge in [0.1, 0.15) is 0 Å². The SMILES string of the molecule is CCCCCc1ccc2c(c1F)Oc1c(cc(CCC3=CCC(CCC)CO3)c(F)c1F)C2. The molecule has 4 rings (SSSR count). The van der Waals surface area contributed by atoms with Gasteiger partial charge >= 0.3 is 0 Å². The third kappa shape index (κ3) is 5.23. The molecule has 0 N–H and O–H groups in total. The Balaban J connectivity index is 1.49. The Morgan fingerprint density at radius 1 is 0.848 bits per heavy atom. The molecule has 2 aliphatic heterocycles. The molecule has 2 heterocycles.